The zero-order valence-corrected chi connectivity index (χ0v) is 25.2. The lowest BCUT2D eigenvalue weighted by Gasteiger charge is -2.37. The average Bonchev–Trinajstić information content (AvgIpc) is 3.30. The molecule has 8 nitrogen and oxygen atoms in total. The first-order valence-electron chi connectivity index (χ1n) is 13.8. The fraction of sp³-hybridized carbons (Fsp3) is 0.206. The van der Waals surface area contributed by atoms with Gasteiger partial charge in [0.25, 0.3) is 5.91 Å². The largest absolute Gasteiger partial charge is 0.456 e. The van der Waals surface area contributed by atoms with Crippen LogP contribution in [0.15, 0.2) is 84.9 Å². The van der Waals surface area contributed by atoms with E-state index in [0.29, 0.717) is 39.5 Å². The number of esters is 1. The number of amides is 1. The molecular weight excluding hydrogens is 562 g/mol. The van der Waals surface area contributed by atoms with E-state index < -0.39 is 17.5 Å². The van der Waals surface area contributed by atoms with Gasteiger partial charge in [-0.1, -0.05) is 48.2 Å². The van der Waals surface area contributed by atoms with Crippen LogP contribution in [-0.4, -0.2) is 51.7 Å². The molecule has 6 rings (SSSR count). The van der Waals surface area contributed by atoms with Crippen molar-refractivity contribution in [2.24, 2.45) is 0 Å². The monoisotopic (exact) mass is 593 g/mol. The van der Waals surface area contributed by atoms with Gasteiger partial charge in [-0.15, -0.1) is 0 Å². The highest BCUT2D eigenvalue weighted by Crippen LogP contribution is 2.57. The van der Waals surface area contributed by atoms with Crippen LogP contribution in [0.1, 0.15) is 43.0 Å². The summed E-state index contributed by atoms with van der Waals surface area (Å²) in [6, 6.07) is 26.3. The highest BCUT2D eigenvalue weighted by Gasteiger charge is 2.53. The van der Waals surface area contributed by atoms with Gasteiger partial charge in [0.15, 0.2) is 5.60 Å². The number of ether oxygens (including phenoxy) is 2. The van der Waals surface area contributed by atoms with Crippen LogP contribution < -0.4 is 19.9 Å². The molecule has 1 amide bonds. The molecule has 218 valence electrons. The summed E-state index contributed by atoms with van der Waals surface area (Å²) in [5, 5.41) is 2.53. The molecule has 4 aromatic carbocycles. The van der Waals surface area contributed by atoms with Crippen molar-refractivity contribution in [1.82, 2.24) is 5.32 Å². The summed E-state index contributed by atoms with van der Waals surface area (Å²) >= 11 is 1.15. The summed E-state index contributed by atoms with van der Waals surface area (Å²) < 4.78 is 12.7. The summed E-state index contributed by atoms with van der Waals surface area (Å²) in [6.45, 7) is -0.123. The third kappa shape index (κ3) is 5.10. The Kier molecular flexibility index (Phi) is 7.35. The molecule has 4 aromatic rings. The number of anilines is 2. The zero-order valence-electron chi connectivity index (χ0n) is 24.3. The molecule has 0 radical (unpaired) electrons. The molecule has 43 heavy (non-hydrogen) atoms. The van der Waals surface area contributed by atoms with Crippen molar-refractivity contribution < 1.29 is 23.9 Å². The maximum absolute atomic E-state index is 13.5. The number of hydrogen-bond acceptors (Lipinski definition) is 8. The Labute approximate surface area is 254 Å². The Morgan fingerprint density at radius 2 is 1.40 bits per heavy atom. The van der Waals surface area contributed by atoms with Gasteiger partial charge in [0.05, 0.1) is 12.1 Å². The first-order valence-corrected chi connectivity index (χ1v) is 14.8. The van der Waals surface area contributed by atoms with E-state index in [4.69, 9.17) is 9.47 Å². The number of carbonyl (C=O) groups excluding carboxylic acids is 3. The minimum absolute atomic E-state index is 0.123. The molecule has 0 bridgehead atoms. The van der Waals surface area contributed by atoms with Gasteiger partial charge < -0.3 is 24.6 Å². The molecule has 1 N–H and O–H groups in total. The van der Waals surface area contributed by atoms with Crippen LogP contribution in [0.2, 0.25) is 0 Å². The van der Waals surface area contributed by atoms with Gasteiger partial charge in [-0.25, -0.2) is 4.79 Å². The number of benzene rings is 4. The van der Waals surface area contributed by atoms with Gasteiger partial charge in [0.1, 0.15) is 11.5 Å². The molecule has 0 fully saturated rings. The Balaban J connectivity index is 1.32. The Morgan fingerprint density at radius 3 is 2.00 bits per heavy atom. The second-order valence-corrected chi connectivity index (χ2v) is 11.9. The van der Waals surface area contributed by atoms with Gasteiger partial charge in [-0.3, -0.25) is 9.59 Å². The number of fused-ring (bicyclic) bond motifs is 6. The van der Waals surface area contributed by atoms with E-state index >= 15 is 0 Å². The minimum Gasteiger partial charge on any atom is -0.456 e. The highest BCUT2D eigenvalue weighted by atomic mass is 32.2. The van der Waals surface area contributed by atoms with E-state index in [2.05, 4.69) is 5.32 Å². The van der Waals surface area contributed by atoms with E-state index in [0.717, 1.165) is 28.7 Å². The predicted octanol–water partition coefficient (Wildman–Crippen LogP) is 5.58. The van der Waals surface area contributed by atoms with Crippen molar-refractivity contribution in [3.63, 3.8) is 0 Å². The summed E-state index contributed by atoms with van der Waals surface area (Å²) in [5.74, 6) is 0.726. The summed E-state index contributed by atoms with van der Waals surface area (Å²) in [6.07, 6.45) is 0. The van der Waals surface area contributed by atoms with E-state index in [9.17, 15) is 14.4 Å². The summed E-state index contributed by atoms with van der Waals surface area (Å²) in [5.41, 5.74) is 4.27. The fourth-order valence-electron chi connectivity index (χ4n) is 5.45. The number of nitrogens with zero attached hydrogens (tertiary/aromatic N) is 2. The van der Waals surface area contributed by atoms with Crippen molar-refractivity contribution in [1.29, 1.82) is 0 Å². The van der Waals surface area contributed by atoms with Crippen LogP contribution in [0.4, 0.5) is 11.4 Å². The molecule has 0 saturated carbocycles. The second-order valence-electron chi connectivity index (χ2n) is 10.9. The highest BCUT2D eigenvalue weighted by molar-refractivity contribution is 8.13. The Hall–Kier alpha value is -4.76. The molecule has 2 aliphatic rings. The molecule has 0 aromatic heterocycles. The van der Waals surface area contributed by atoms with E-state index in [-0.39, 0.29) is 17.2 Å². The summed E-state index contributed by atoms with van der Waals surface area (Å²) in [7, 11) is 7.80. The fourth-order valence-corrected chi connectivity index (χ4v) is 6.14. The Morgan fingerprint density at radius 1 is 0.791 bits per heavy atom. The number of nitrogens with one attached hydrogen (secondary N) is 1. The van der Waals surface area contributed by atoms with Gasteiger partial charge in [0, 0.05) is 79.7 Å². The van der Waals surface area contributed by atoms with Crippen LogP contribution in [0.3, 0.4) is 0 Å². The molecule has 1 spiro atoms. The standard InChI is InChI=1S/C34H31N3O5S/c1-36(2)23-11-14-27-29(17-23)41-30-18-24(37(3)4)12-15-28(30)34(27)26-13-10-22(16-25(26)33(40)42-34)32(39)35-19-31(38)43-20-21-8-6-5-7-9-21/h5-18H,19-20H2,1-4H3,(H,35,39). The normalized spacial score (nSPS) is 13.7. The van der Waals surface area contributed by atoms with E-state index in [1.54, 1.807) is 18.2 Å². The van der Waals surface area contributed by atoms with Crippen molar-refractivity contribution in [3.05, 3.63) is 118 Å². The lowest BCUT2D eigenvalue weighted by molar-refractivity contribution is -0.110. The van der Waals surface area contributed by atoms with Gasteiger partial charge in [-0.05, 0) is 42.0 Å². The van der Waals surface area contributed by atoms with Crippen molar-refractivity contribution in [3.8, 4) is 11.5 Å². The Bertz CT molecular complexity index is 1700. The van der Waals surface area contributed by atoms with Crippen LogP contribution in [-0.2, 0) is 20.9 Å². The molecule has 2 aliphatic heterocycles. The van der Waals surface area contributed by atoms with Crippen molar-refractivity contribution in [2.75, 3.05) is 44.5 Å². The SMILES string of the molecule is CN(C)c1ccc2c(c1)Oc1cc(N(C)C)ccc1C21OC(=O)c2cc(C(=O)NCC(=O)SCc3ccccc3)ccc21. The van der Waals surface area contributed by atoms with Crippen molar-refractivity contribution in [2.45, 2.75) is 11.4 Å². The number of carbonyl (C=O) groups is 3. The number of thioether (sulfide) groups is 1. The first-order chi connectivity index (χ1) is 20.7. The number of rotatable bonds is 7. The van der Waals surface area contributed by atoms with Gasteiger partial charge in [-0.2, -0.15) is 0 Å². The molecule has 0 unspecified atom stereocenters. The van der Waals surface area contributed by atoms with E-state index in [1.807, 2.05) is 105 Å². The molecule has 0 saturated heterocycles. The van der Waals surface area contributed by atoms with Crippen LogP contribution in [0, 0.1) is 0 Å². The second kappa shape index (κ2) is 11.1. The molecule has 2 heterocycles. The third-order valence-corrected chi connectivity index (χ3v) is 8.65. The minimum atomic E-state index is -1.25. The van der Waals surface area contributed by atoms with Crippen LogP contribution in [0.5, 0.6) is 11.5 Å². The average molecular weight is 594 g/mol. The summed E-state index contributed by atoms with van der Waals surface area (Å²) in [4.78, 5) is 42.9. The van der Waals surface area contributed by atoms with E-state index in [1.165, 1.54) is 0 Å². The topological polar surface area (TPSA) is 88.2 Å². The third-order valence-electron chi connectivity index (χ3n) is 7.70. The predicted molar refractivity (Wildman–Crippen MR) is 168 cm³/mol. The quantitative estimate of drug-likeness (QED) is 0.278. The molecule has 0 atom stereocenters. The molecule has 0 aliphatic carbocycles. The number of hydrogen-bond donors (Lipinski definition) is 1. The lowest BCUT2D eigenvalue weighted by Crippen LogP contribution is -2.33. The maximum atomic E-state index is 13.5. The van der Waals surface area contributed by atoms with Gasteiger partial charge >= 0.3 is 5.97 Å². The molecular formula is C34H31N3O5S. The molecule has 9 heteroatoms. The maximum Gasteiger partial charge on any atom is 0.340 e. The first kappa shape index (κ1) is 28.4. The zero-order chi connectivity index (χ0) is 30.3. The van der Waals surface area contributed by atoms with Crippen LogP contribution in [0.25, 0.3) is 0 Å². The smallest absolute Gasteiger partial charge is 0.340 e. The van der Waals surface area contributed by atoms with Crippen LogP contribution >= 0.6 is 11.8 Å². The van der Waals surface area contributed by atoms with Gasteiger partial charge in [0.2, 0.25) is 5.12 Å². The lowest BCUT2D eigenvalue weighted by atomic mass is 9.77. The van der Waals surface area contributed by atoms with Crippen molar-refractivity contribution >= 4 is 40.1 Å².